The van der Waals surface area contributed by atoms with Crippen molar-refractivity contribution >= 4 is 21.6 Å². The van der Waals surface area contributed by atoms with E-state index in [1.165, 1.54) is 37.8 Å². The van der Waals surface area contributed by atoms with Crippen molar-refractivity contribution in [2.24, 2.45) is 5.73 Å². The van der Waals surface area contributed by atoms with Crippen molar-refractivity contribution in [1.29, 1.82) is 0 Å². The van der Waals surface area contributed by atoms with Gasteiger partial charge < -0.3 is 14.9 Å². The molecule has 0 aliphatic heterocycles. The number of anilines is 1. The maximum atomic E-state index is 13.3. The fraction of sp³-hybridized carbons (Fsp3) is 0.158. The van der Waals surface area contributed by atoms with Gasteiger partial charge in [0.1, 0.15) is 12.0 Å². The van der Waals surface area contributed by atoms with Crippen LogP contribution in [0.25, 0.3) is 11.5 Å². The maximum Gasteiger partial charge on any atom is 0.416 e. The highest BCUT2D eigenvalue weighted by molar-refractivity contribution is 7.93. The van der Waals surface area contributed by atoms with E-state index in [9.17, 15) is 26.4 Å². The van der Waals surface area contributed by atoms with Crippen LogP contribution < -0.4 is 14.8 Å². The third-order valence-electron chi connectivity index (χ3n) is 4.19. The van der Waals surface area contributed by atoms with E-state index in [0.29, 0.717) is 16.1 Å². The molecule has 0 fully saturated rings. The Morgan fingerprint density at radius 3 is 2.55 bits per heavy atom. The van der Waals surface area contributed by atoms with Crippen molar-refractivity contribution in [3.8, 4) is 17.2 Å². The molecular weight excluding hydrogens is 439 g/mol. The van der Waals surface area contributed by atoms with E-state index in [-0.39, 0.29) is 17.1 Å². The molecule has 2 aromatic carbocycles. The average Bonchev–Trinajstić information content (AvgIpc) is 3.28. The SMILES string of the molecule is COc1ccc(N(C(=O)CN)S(=O)(=O)c2cccc(C(F)(F)F)c2)c(-c2ncco2)c1. The van der Waals surface area contributed by atoms with Gasteiger partial charge in [0, 0.05) is 0 Å². The molecule has 0 aliphatic carbocycles. The van der Waals surface area contributed by atoms with Crippen LogP contribution in [0.2, 0.25) is 0 Å². The molecule has 2 N–H and O–H groups in total. The molecule has 3 rings (SSSR count). The fourth-order valence-electron chi connectivity index (χ4n) is 2.77. The van der Waals surface area contributed by atoms with Gasteiger partial charge in [-0.3, -0.25) is 4.79 Å². The summed E-state index contributed by atoms with van der Waals surface area (Å²) in [6, 6.07) is 7.05. The summed E-state index contributed by atoms with van der Waals surface area (Å²) in [6.45, 7) is -0.727. The summed E-state index contributed by atoms with van der Waals surface area (Å²) < 4.78 is 76.6. The van der Waals surface area contributed by atoms with Crippen molar-refractivity contribution in [2.75, 3.05) is 18.0 Å². The molecule has 0 aliphatic rings. The first kappa shape index (κ1) is 22.3. The predicted molar refractivity (Wildman–Crippen MR) is 104 cm³/mol. The minimum atomic E-state index is -4.79. The Hall–Kier alpha value is -3.38. The highest BCUT2D eigenvalue weighted by Gasteiger charge is 2.36. The molecule has 12 heteroatoms. The number of alkyl halides is 3. The third-order valence-corrected chi connectivity index (χ3v) is 5.92. The Morgan fingerprint density at radius 2 is 1.97 bits per heavy atom. The summed E-state index contributed by atoms with van der Waals surface area (Å²) in [6.07, 6.45) is -2.25. The maximum absolute atomic E-state index is 13.3. The second-order valence-corrected chi connectivity index (χ2v) is 7.90. The molecule has 0 unspecified atom stereocenters. The number of rotatable bonds is 6. The number of sulfonamides is 1. The van der Waals surface area contributed by atoms with Crippen LogP contribution in [0.3, 0.4) is 0 Å². The number of halogens is 3. The summed E-state index contributed by atoms with van der Waals surface area (Å²) >= 11 is 0. The van der Waals surface area contributed by atoms with Crippen molar-refractivity contribution in [3.05, 3.63) is 60.5 Å². The minimum Gasteiger partial charge on any atom is -0.497 e. The van der Waals surface area contributed by atoms with Crippen LogP contribution in [-0.4, -0.2) is 33.0 Å². The van der Waals surface area contributed by atoms with E-state index in [0.717, 1.165) is 18.2 Å². The number of carbonyl (C=O) groups is 1. The third kappa shape index (κ3) is 4.39. The average molecular weight is 455 g/mol. The summed E-state index contributed by atoms with van der Waals surface area (Å²) in [5, 5.41) is 0. The molecule has 164 valence electrons. The van der Waals surface area contributed by atoms with Gasteiger partial charge in [0.15, 0.2) is 0 Å². The van der Waals surface area contributed by atoms with Crippen LogP contribution in [0.1, 0.15) is 5.56 Å². The van der Waals surface area contributed by atoms with Gasteiger partial charge in [-0.05, 0) is 36.4 Å². The number of nitrogens with two attached hydrogens (primary N) is 1. The second-order valence-electron chi connectivity index (χ2n) is 6.11. The smallest absolute Gasteiger partial charge is 0.416 e. The first-order valence-corrected chi connectivity index (χ1v) is 10.1. The zero-order valence-corrected chi connectivity index (χ0v) is 16.8. The van der Waals surface area contributed by atoms with E-state index in [4.69, 9.17) is 14.9 Å². The van der Waals surface area contributed by atoms with Gasteiger partial charge in [-0.2, -0.15) is 13.2 Å². The van der Waals surface area contributed by atoms with Crippen molar-refractivity contribution in [2.45, 2.75) is 11.1 Å². The van der Waals surface area contributed by atoms with Crippen LogP contribution in [-0.2, 0) is 21.0 Å². The van der Waals surface area contributed by atoms with Gasteiger partial charge in [0.05, 0.1) is 41.6 Å². The van der Waals surface area contributed by atoms with E-state index in [1.54, 1.807) is 0 Å². The largest absolute Gasteiger partial charge is 0.497 e. The lowest BCUT2D eigenvalue weighted by molar-refractivity contribution is -0.137. The van der Waals surface area contributed by atoms with E-state index in [2.05, 4.69) is 4.98 Å². The van der Waals surface area contributed by atoms with Crippen molar-refractivity contribution in [3.63, 3.8) is 0 Å². The number of carbonyl (C=O) groups excluding carboxylic acids is 1. The summed E-state index contributed by atoms with van der Waals surface area (Å²) in [5.74, 6) is -0.813. The van der Waals surface area contributed by atoms with Crippen LogP contribution in [0.5, 0.6) is 5.75 Å². The molecule has 1 amide bonds. The molecule has 0 saturated heterocycles. The van der Waals surface area contributed by atoms with Gasteiger partial charge in [-0.25, -0.2) is 17.7 Å². The number of ether oxygens (including phenoxy) is 1. The number of hydrogen-bond donors (Lipinski definition) is 1. The Morgan fingerprint density at radius 1 is 1.23 bits per heavy atom. The molecule has 3 aromatic rings. The molecular formula is C19H16F3N3O5S. The van der Waals surface area contributed by atoms with E-state index >= 15 is 0 Å². The van der Waals surface area contributed by atoms with Gasteiger partial charge in [0.25, 0.3) is 15.9 Å². The summed E-state index contributed by atoms with van der Waals surface area (Å²) in [7, 11) is -3.42. The number of amides is 1. The quantitative estimate of drug-likeness (QED) is 0.607. The molecule has 31 heavy (non-hydrogen) atoms. The van der Waals surface area contributed by atoms with Crippen LogP contribution in [0, 0.1) is 0 Å². The predicted octanol–water partition coefficient (Wildman–Crippen LogP) is 3.05. The first-order chi connectivity index (χ1) is 14.6. The van der Waals surface area contributed by atoms with Crippen LogP contribution in [0.4, 0.5) is 18.9 Å². The lowest BCUT2D eigenvalue weighted by Gasteiger charge is -2.24. The zero-order chi connectivity index (χ0) is 22.8. The molecule has 0 spiro atoms. The molecule has 8 nitrogen and oxygen atoms in total. The molecule has 0 saturated carbocycles. The van der Waals surface area contributed by atoms with Crippen LogP contribution in [0.15, 0.2) is 64.2 Å². The number of oxazole rings is 1. The lowest BCUT2D eigenvalue weighted by Crippen LogP contribution is -2.41. The highest BCUT2D eigenvalue weighted by Crippen LogP contribution is 2.37. The summed E-state index contributed by atoms with van der Waals surface area (Å²) in [4.78, 5) is 15.8. The molecule has 0 bridgehead atoms. The highest BCUT2D eigenvalue weighted by atomic mass is 32.2. The lowest BCUT2D eigenvalue weighted by atomic mass is 10.1. The number of benzene rings is 2. The molecule has 1 aromatic heterocycles. The van der Waals surface area contributed by atoms with Gasteiger partial charge >= 0.3 is 6.18 Å². The van der Waals surface area contributed by atoms with Crippen molar-refractivity contribution in [1.82, 2.24) is 4.98 Å². The number of methoxy groups -OCH3 is 1. The fourth-order valence-corrected chi connectivity index (χ4v) is 4.26. The van der Waals surface area contributed by atoms with E-state index < -0.39 is 39.1 Å². The minimum absolute atomic E-state index is 0.0389. The van der Waals surface area contributed by atoms with Gasteiger partial charge in [-0.1, -0.05) is 6.07 Å². The molecule has 1 heterocycles. The number of nitrogens with zero attached hydrogens (tertiary/aromatic N) is 2. The van der Waals surface area contributed by atoms with E-state index in [1.807, 2.05) is 0 Å². The Balaban J connectivity index is 2.24. The van der Waals surface area contributed by atoms with Crippen LogP contribution >= 0.6 is 0 Å². The molecule has 0 atom stereocenters. The number of aromatic nitrogens is 1. The Bertz CT molecular complexity index is 1190. The topological polar surface area (TPSA) is 116 Å². The second kappa shape index (κ2) is 8.40. The normalized spacial score (nSPS) is 11.9. The van der Waals surface area contributed by atoms with Gasteiger partial charge in [-0.15, -0.1) is 0 Å². The van der Waals surface area contributed by atoms with Crippen molar-refractivity contribution < 1.29 is 35.5 Å². The zero-order valence-electron chi connectivity index (χ0n) is 16.0. The summed E-state index contributed by atoms with van der Waals surface area (Å²) in [5.41, 5.74) is 4.07. The number of hydrogen-bond acceptors (Lipinski definition) is 7. The first-order valence-electron chi connectivity index (χ1n) is 8.63. The molecule has 0 radical (unpaired) electrons. The monoisotopic (exact) mass is 455 g/mol. The Labute approximate surface area is 175 Å². The van der Waals surface area contributed by atoms with Gasteiger partial charge in [0.2, 0.25) is 5.89 Å². The standard InChI is InChI=1S/C19H16F3N3O5S/c1-29-13-5-6-16(15(10-13)18-24-7-8-30-18)25(17(26)11-23)31(27,28)14-4-2-3-12(9-14)19(20,21)22/h2-10H,11,23H2,1H3. The Kier molecular flexibility index (Phi) is 6.04.